The van der Waals surface area contributed by atoms with E-state index in [1.54, 1.807) is 13.8 Å². The van der Waals surface area contributed by atoms with Crippen LogP contribution in [0.25, 0.3) is 0 Å². The molecule has 2 rings (SSSR count). The average Bonchev–Trinajstić information content (AvgIpc) is 3.04. The zero-order chi connectivity index (χ0) is 19.3. The molecular weight excluding hydrogens is 344 g/mol. The maximum absolute atomic E-state index is 12.5. The van der Waals surface area contributed by atoms with E-state index in [9.17, 15) is 19.2 Å². The van der Waals surface area contributed by atoms with Crippen LogP contribution in [0.1, 0.15) is 41.2 Å². The minimum atomic E-state index is -0.762. The molecule has 0 aromatic carbocycles. The fourth-order valence-electron chi connectivity index (χ4n) is 2.45. The number of esters is 1. The van der Waals surface area contributed by atoms with E-state index < -0.39 is 17.8 Å². The first-order valence-electron chi connectivity index (χ1n) is 8.39. The molecule has 1 atom stereocenters. The normalized spacial score (nSPS) is 14.5. The highest BCUT2D eigenvalue weighted by atomic mass is 16.5. The highest BCUT2D eigenvalue weighted by molar-refractivity contribution is 5.98. The van der Waals surface area contributed by atoms with Gasteiger partial charge in [-0.15, -0.1) is 0 Å². The highest BCUT2D eigenvalue weighted by Gasteiger charge is 2.28. The molecule has 142 valence electrons. The van der Waals surface area contributed by atoms with Crippen molar-refractivity contribution in [1.29, 1.82) is 0 Å². The summed E-state index contributed by atoms with van der Waals surface area (Å²) < 4.78 is 6.31. The Balaban J connectivity index is 1.98. The predicted molar refractivity (Wildman–Crippen MR) is 89.5 cm³/mol. The molecule has 0 unspecified atom stereocenters. The van der Waals surface area contributed by atoms with Gasteiger partial charge in [0.15, 0.2) is 5.69 Å². The van der Waals surface area contributed by atoms with Crippen molar-refractivity contribution < 1.29 is 29.0 Å². The number of nitrogens with zero attached hydrogens (tertiary/aromatic N) is 3. The minimum absolute atomic E-state index is 0.0307. The van der Waals surface area contributed by atoms with E-state index in [2.05, 4.69) is 10.4 Å². The Bertz CT molecular complexity index is 714. The Kier molecular flexibility index (Phi) is 6.31. The quantitative estimate of drug-likeness (QED) is 0.458. The van der Waals surface area contributed by atoms with Gasteiger partial charge in [-0.25, -0.2) is 0 Å². The van der Waals surface area contributed by atoms with E-state index in [0.29, 0.717) is 19.7 Å². The maximum Gasteiger partial charge on any atom is 0.520 e. The lowest BCUT2D eigenvalue weighted by molar-refractivity contribution is -0.143. The molecule has 2 amide bonds. The number of hydrogen-bond acceptors (Lipinski definition) is 6. The second-order valence-electron chi connectivity index (χ2n) is 5.96. The lowest BCUT2D eigenvalue weighted by atomic mass is 10.2. The number of fused-ring (bicyclic) bond motifs is 1. The van der Waals surface area contributed by atoms with Crippen LogP contribution in [0.5, 0.6) is 0 Å². The molecule has 0 spiro atoms. The number of carbonyl (C=O) groups excluding carboxylic acids is 4. The first-order chi connectivity index (χ1) is 12.3. The van der Waals surface area contributed by atoms with Gasteiger partial charge in [0.2, 0.25) is 0 Å². The van der Waals surface area contributed by atoms with Crippen molar-refractivity contribution in [2.75, 3.05) is 26.2 Å². The molecule has 26 heavy (non-hydrogen) atoms. The van der Waals surface area contributed by atoms with Gasteiger partial charge in [0, 0.05) is 30.5 Å². The SMILES string of the molecule is CCOC(=O)CCN1CCn2nc(C(=O)NC[C@H](C)C(=O)[OH2+])cc2C1=O. The van der Waals surface area contributed by atoms with E-state index in [1.807, 2.05) is 0 Å². The fraction of sp³-hybridized carbons (Fsp3) is 0.562. The van der Waals surface area contributed by atoms with Gasteiger partial charge in [-0.2, -0.15) is 5.10 Å². The van der Waals surface area contributed by atoms with Crippen LogP contribution in [-0.4, -0.2) is 69.8 Å². The number of rotatable bonds is 8. The summed E-state index contributed by atoms with van der Waals surface area (Å²) in [6.07, 6.45) is 0.111. The van der Waals surface area contributed by atoms with Crippen molar-refractivity contribution in [3.63, 3.8) is 0 Å². The molecule has 0 aliphatic carbocycles. The van der Waals surface area contributed by atoms with Crippen LogP contribution in [0.2, 0.25) is 0 Å². The molecule has 10 nitrogen and oxygen atoms in total. The van der Waals surface area contributed by atoms with Gasteiger partial charge < -0.3 is 20.1 Å². The van der Waals surface area contributed by atoms with Gasteiger partial charge in [0.1, 0.15) is 11.6 Å². The molecule has 0 radical (unpaired) electrons. The van der Waals surface area contributed by atoms with Gasteiger partial charge >= 0.3 is 11.9 Å². The minimum Gasteiger partial charge on any atom is -0.564 e. The Morgan fingerprint density at radius 1 is 1.38 bits per heavy atom. The summed E-state index contributed by atoms with van der Waals surface area (Å²) in [5.41, 5.74) is 0.347. The second kappa shape index (κ2) is 8.45. The van der Waals surface area contributed by atoms with Gasteiger partial charge in [-0.1, -0.05) is 0 Å². The Morgan fingerprint density at radius 2 is 2.12 bits per heavy atom. The van der Waals surface area contributed by atoms with E-state index in [0.717, 1.165) is 0 Å². The van der Waals surface area contributed by atoms with Crippen LogP contribution in [0, 0.1) is 5.92 Å². The molecule has 3 N–H and O–H groups in total. The third-order valence-corrected chi connectivity index (χ3v) is 4.01. The molecule has 0 saturated heterocycles. The Morgan fingerprint density at radius 3 is 2.77 bits per heavy atom. The molecular formula is C16H23N4O6+. The predicted octanol–water partition coefficient (Wildman–Crippen LogP) is -1.09. The zero-order valence-electron chi connectivity index (χ0n) is 14.8. The topological polar surface area (TPSA) is 134 Å². The first-order valence-corrected chi connectivity index (χ1v) is 8.39. The Labute approximate surface area is 150 Å². The average molecular weight is 367 g/mol. The van der Waals surface area contributed by atoms with Crippen LogP contribution in [-0.2, 0) is 20.9 Å². The van der Waals surface area contributed by atoms with E-state index >= 15 is 0 Å². The molecule has 10 heteroatoms. The second-order valence-corrected chi connectivity index (χ2v) is 5.96. The zero-order valence-corrected chi connectivity index (χ0v) is 14.8. The van der Waals surface area contributed by atoms with Crippen LogP contribution in [0.15, 0.2) is 6.07 Å². The van der Waals surface area contributed by atoms with Gasteiger partial charge in [0.25, 0.3) is 11.8 Å². The van der Waals surface area contributed by atoms with Gasteiger partial charge in [-0.05, 0) is 13.8 Å². The summed E-state index contributed by atoms with van der Waals surface area (Å²) in [5.74, 6) is -2.55. The monoisotopic (exact) mass is 367 g/mol. The van der Waals surface area contributed by atoms with E-state index in [-0.39, 0.29) is 42.8 Å². The lowest BCUT2D eigenvalue weighted by Gasteiger charge is -2.26. The molecule has 1 aliphatic rings. The number of amides is 2. The number of hydrogen-bond donors (Lipinski definition) is 1. The van der Waals surface area contributed by atoms with Crippen molar-refractivity contribution in [1.82, 2.24) is 20.0 Å². The van der Waals surface area contributed by atoms with Crippen LogP contribution < -0.4 is 5.32 Å². The third-order valence-electron chi connectivity index (χ3n) is 4.01. The summed E-state index contributed by atoms with van der Waals surface area (Å²) in [6, 6.07) is 1.39. The summed E-state index contributed by atoms with van der Waals surface area (Å²) in [4.78, 5) is 48.5. The molecule has 1 aliphatic heterocycles. The largest absolute Gasteiger partial charge is 0.564 e. The molecule has 0 saturated carbocycles. The van der Waals surface area contributed by atoms with E-state index in [4.69, 9.17) is 9.84 Å². The van der Waals surface area contributed by atoms with Crippen molar-refractivity contribution in [2.24, 2.45) is 5.92 Å². The molecule has 1 aromatic heterocycles. The van der Waals surface area contributed by atoms with Crippen molar-refractivity contribution >= 4 is 23.8 Å². The van der Waals surface area contributed by atoms with Crippen LogP contribution in [0.4, 0.5) is 0 Å². The number of carbonyl (C=O) groups is 4. The molecule has 0 fully saturated rings. The summed E-state index contributed by atoms with van der Waals surface area (Å²) in [6.45, 7) is 4.63. The molecule has 2 heterocycles. The lowest BCUT2D eigenvalue weighted by Crippen LogP contribution is -2.41. The fourth-order valence-corrected chi connectivity index (χ4v) is 2.45. The van der Waals surface area contributed by atoms with Crippen molar-refractivity contribution in [3.8, 4) is 0 Å². The molecule has 0 bridgehead atoms. The summed E-state index contributed by atoms with van der Waals surface area (Å²) in [5, 5.41) is 13.6. The van der Waals surface area contributed by atoms with Crippen molar-refractivity contribution in [2.45, 2.75) is 26.8 Å². The maximum atomic E-state index is 12.5. The van der Waals surface area contributed by atoms with Crippen molar-refractivity contribution in [3.05, 3.63) is 17.5 Å². The van der Waals surface area contributed by atoms with Gasteiger partial charge in [0.05, 0.1) is 19.6 Å². The molecule has 1 aromatic rings. The standard InChI is InChI=1S/C16H22N4O6/c1-3-26-13(21)4-5-19-6-7-20-12(15(19)23)8-11(18-20)14(22)17-9-10(2)16(24)25/h8,10H,3-7,9H2,1-2H3,(H,17,22)(H,24,25)/p+1/t10-/m0/s1. The summed E-state index contributed by atoms with van der Waals surface area (Å²) >= 11 is 0. The van der Waals surface area contributed by atoms with Crippen LogP contribution in [0.3, 0.4) is 0 Å². The van der Waals surface area contributed by atoms with Crippen LogP contribution >= 0.6 is 0 Å². The number of aromatic nitrogens is 2. The van der Waals surface area contributed by atoms with Gasteiger partial charge in [-0.3, -0.25) is 19.1 Å². The number of ether oxygens (including phenoxy) is 1. The van der Waals surface area contributed by atoms with E-state index in [1.165, 1.54) is 15.6 Å². The summed E-state index contributed by atoms with van der Waals surface area (Å²) in [7, 11) is 0. The third kappa shape index (κ3) is 4.58. The highest BCUT2D eigenvalue weighted by Crippen LogP contribution is 2.14. The Hall–Kier alpha value is -2.91. The number of nitrogens with one attached hydrogen (secondary N) is 1. The smallest absolute Gasteiger partial charge is 0.520 e. The first kappa shape index (κ1) is 19.4.